The first-order chi connectivity index (χ1) is 11.2. The van der Waals surface area contributed by atoms with Crippen LogP contribution in [0.25, 0.3) is 0 Å². The Morgan fingerprint density at radius 1 is 1.04 bits per heavy atom. The first kappa shape index (κ1) is 22.4. The number of carbonyl (C=O) groups excluding carboxylic acids is 1. The number of esters is 1. The molecule has 0 aromatic heterocycles. The summed E-state index contributed by atoms with van der Waals surface area (Å²) in [5.41, 5.74) is 5.33. The lowest BCUT2D eigenvalue weighted by atomic mass is 10.0. The Morgan fingerprint density at radius 2 is 1.61 bits per heavy atom. The summed E-state index contributed by atoms with van der Waals surface area (Å²) in [5.74, 6) is -0.315. The van der Waals surface area contributed by atoms with Crippen LogP contribution in [0, 0.1) is 0 Å². The molecule has 0 saturated carbocycles. The third-order valence-corrected chi connectivity index (χ3v) is 3.97. The third-order valence-electron chi connectivity index (χ3n) is 3.97. The van der Waals surface area contributed by atoms with Crippen molar-refractivity contribution in [3.8, 4) is 0 Å². The van der Waals surface area contributed by atoms with Crippen LogP contribution < -0.4 is 11.1 Å². The molecule has 23 heavy (non-hydrogen) atoms. The standard InChI is InChI=1S/C18H38N2O3/c1-2-3-4-5-6-7-8-9-10-11-12-17(16-21)23-18(22)15-20-14-13-19/h17,20-21H,2-16,19H2,1H3. The summed E-state index contributed by atoms with van der Waals surface area (Å²) in [4.78, 5) is 11.5. The van der Waals surface area contributed by atoms with Crippen molar-refractivity contribution in [1.82, 2.24) is 5.32 Å². The van der Waals surface area contributed by atoms with Crippen molar-refractivity contribution in [2.75, 3.05) is 26.2 Å². The van der Waals surface area contributed by atoms with E-state index in [1.54, 1.807) is 0 Å². The molecule has 1 atom stereocenters. The zero-order valence-corrected chi connectivity index (χ0v) is 15.0. The molecule has 0 saturated heterocycles. The van der Waals surface area contributed by atoms with Crippen molar-refractivity contribution in [1.29, 1.82) is 0 Å². The average Bonchev–Trinajstić information content (AvgIpc) is 2.55. The third kappa shape index (κ3) is 16.0. The topological polar surface area (TPSA) is 84.6 Å². The van der Waals surface area contributed by atoms with Gasteiger partial charge in [-0.05, 0) is 12.8 Å². The Morgan fingerprint density at radius 3 is 2.13 bits per heavy atom. The SMILES string of the molecule is CCCCCCCCCCCCC(CO)OC(=O)CNCCN. The molecule has 0 bridgehead atoms. The molecule has 0 amide bonds. The molecule has 0 aliphatic carbocycles. The molecule has 138 valence electrons. The van der Waals surface area contributed by atoms with Gasteiger partial charge in [-0.25, -0.2) is 0 Å². The molecule has 0 aromatic rings. The monoisotopic (exact) mass is 330 g/mol. The highest BCUT2D eigenvalue weighted by Crippen LogP contribution is 2.12. The van der Waals surface area contributed by atoms with E-state index in [-0.39, 0.29) is 25.2 Å². The van der Waals surface area contributed by atoms with Crippen LogP contribution in [0.2, 0.25) is 0 Å². The number of rotatable bonds is 17. The molecule has 0 spiro atoms. The van der Waals surface area contributed by atoms with Crippen LogP contribution in [0.1, 0.15) is 77.6 Å². The summed E-state index contributed by atoms with van der Waals surface area (Å²) in [5, 5.41) is 12.2. The number of aliphatic hydroxyl groups is 1. The second kappa shape index (κ2) is 17.7. The molecule has 5 heteroatoms. The largest absolute Gasteiger partial charge is 0.459 e. The van der Waals surface area contributed by atoms with Gasteiger partial charge in [0.25, 0.3) is 0 Å². The minimum absolute atomic E-state index is 0.0972. The highest BCUT2D eigenvalue weighted by Gasteiger charge is 2.12. The van der Waals surface area contributed by atoms with Crippen molar-refractivity contribution in [2.24, 2.45) is 5.73 Å². The van der Waals surface area contributed by atoms with Gasteiger partial charge in [-0.3, -0.25) is 4.79 Å². The van der Waals surface area contributed by atoms with Crippen LogP contribution in [0.15, 0.2) is 0 Å². The minimum Gasteiger partial charge on any atom is -0.459 e. The number of carbonyl (C=O) groups is 1. The molecule has 0 fully saturated rings. The van der Waals surface area contributed by atoms with Gasteiger partial charge in [-0.15, -0.1) is 0 Å². The first-order valence-electron chi connectivity index (χ1n) is 9.45. The molecule has 0 heterocycles. The molecular formula is C18H38N2O3. The first-order valence-corrected chi connectivity index (χ1v) is 9.45. The van der Waals surface area contributed by atoms with Crippen molar-refractivity contribution in [3.05, 3.63) is 0 Å². The van der Waals surface area contributed by atoms with E-state index >= 15 is 0 Å². The highest BCUT2D eigenvalue weighted by atomic mass is 16.6. The van der Waals surface area contributed by atoms with Crippen LogP contribution in [-0.2, 0) is 9.53 Å². The molecule has 4 N–H and O–H groups in total. The highest BCUT2D eigenvalue weighted by molar-refractivity contribution is 5.71. The van der Waals surface area contributed by atoms with Gasteiger partial charge in [-0.2, -0.15) is 0 Å². The van der Waals surface area contributed by atoms with Gasteiger partial charge in [0, 0.05) is 13.1 Å². The van der Waals surface area contributed by atoms with E-state index in [4.69, 9.17) is 10.5 Å². The van der Waals surface area contributed by atoms with Crippen LogP contribution >= 0.6 is 0 Å². The molecular weight excluding hydrogens is 292 g/mol. The molecule has 0 aliphatic heterocycles. The normalized spacial score (nSPS) is 12.3. The second-order valence-electron chi connectivity index (χ2n) is 6.23. The van der Waals surface area contributed by atoms with E-state index in [9.17, 15) is 9.90 Å². The molecule has 0 aromatic carbocycles. The van der Waals surface area contributed by atoms with E-state index in [0.29, 0.717) is 13.1 Å². The summed E-state index contributed by atoms with van der Waals surface area (Å²) in [7, 11) is 0. The van der Waals surface area contributed by atoms with E-state index < -0.39 is 0 Å². The predicted molar refractivity (Wildman–Crippen MR) is 95.4 cm³/mol. The average molecular weight is 331 g/mol. The van der Waals surface area contributed by atoms with Crippen molar-refractivity contribution >= 4 is 5.97 Å². The number of hydrogen-bond donors (Lipinski definition) is 3. The Hall–Kier alpha value is -0.650. The van der Waals surface area contributed by atoms with Crippen LogP contribution in [0.5, 0.6) is 0 Å². The zero-order valence-electron chi connectivity index (χ0n) is 15.0. The van der Waals surface area contributed by atoms with E-state index in [1.165, 1.54) is 51.4 Å². The Labute approximate surface area is 142 Å². The number of nitrogens with one attached hydrogen (secondary N) is 1. The zero-order chi connectivity index (χ0) is 17.2. The lowest BCUT2D eigenvalue weighted by molar-refractivity contribution is -0.150. The fourth-order valence-corrected chi connectivity index (χ4v) is 2.57. The number of hydrogen-bond acceptors (Lipinski definition) is 5. The molecule has 0 radical (unpaired) electrons. The van der Waals surface area contributed by atoms with Gasteiger partial charge in [0.15, 0.2) is 0 Å². The van der Waals surface area contributed by atoms with Crippen molar-refractivity contribution < 1.29 is 14.6 Å². The van der Waals surface area contributed by atoms with Crippen molar-refractivity contribution in [2.45, 2.75) is 83.7 Å². The minimum atomic E-state index is -0.365. The van der Waals surface area contributed by atoms with E-state index in [2.05, 4.69) is 12.2 Å². The van der Waals surface area contributed by atoms with Gasteiger partial charge in [-0.1, -0.05) is 64.7 Å². The Balaban J connectivity index is 3.44. The van der Waals surface area contributed by atoms with E-state index in [0.717, 1.165) is 19.3 Å². The number of aliphatic hydroxyl groups excluding tert-OH is 1. The smallest absolute Gasteiger partial charge is 0.320 e. The maximum absolute atomic E-state index is 11.5. The van der Waals surface area contributed by atoms with Gasteiger partial charge in [0.2, 0.25) is 0 Å². The van der Waals surface area contributed by atoms with Crippen LogP contribution in [0.3, 0.4) is 0 Å². The summed E-state index contributed by atoms with van der Waals surface area (Å²) >= 11 is 0. The Kier molecular flexibility index (Phi) is 17.2. The van der Waals surface area contributed by atoms with Gasteiger partial charge in [0.1, 0.15) is 6.10 Å². The molecule has 0 aliphatic rings. The van der Waals surface area contributed by atoms with E-state index in [1.807, 2.05) is 0 Å². The fourth-order valence-electron chi connectivity index (χ4n) is 2.57. The second-order valence-corrected chi connectivity index (χ2v) is 6.23. The van der Waals surface area contributed by atoms with Gasteiger partial charge >= 0.3 is 5.97 Å². The maximum Gasteiger partial charge on any atom is 0.320 e. The van der Waals surface area contributed by atoms with Gasteiger partial charge < -0.3 is 20.9 Å². The molecule has 0 rings (SSSR count). The van der Waals surface area contributed by atoms with Crippen molar-refractivity contribution in [3.63, 3.8) is 0 Å². The number of ether oxygens (including phenoxy) is 1. The summed E-state index contributed by atoms with van der Waals surface area (Å²) in [6.07, 6.45) is 13.2. The summed E-state index contributed by atoms with van der Waals surface area (Å²) in [6.45, 7) is 3.39. The maximum atomic E-state index is 11.5. The molecule has 1 unspecified atom stereocenters. The van der Waals surface area contributed by atoms with Crippen LogP contribution in [0.4, 0.5) is 0 Å². The molecule has 5 nitrogen and oxygen atoms in total. The lowest BCUT2D eigenvalue weighted by Gasteiger charge is -2.15. The predicted octanol–water partition coefficient (Wildman–Crippen LogP) is 2.75. The Bertz CT molecular complexity index is 263. The number of unbranched alkanes of at least 4 members (excludes halogenated alkanes) is 9. The quantitative estimate of drug-likeness (QED) is 0.282. The lowest BCUT2D eigenvalue weighted by Crippen LogP contribution is -2.32. The summed E-state index contributed by atoms with van der Waals surface area (Å²) < 4.78 is 5.24. The summed E-state index contributed by atoms with van der Waals surface area (Å²) in [6, 6.07) is 0. The van der Waals surface area contributed by atoms with Gasteiger partial charge in [0.05, 0.1) is 13.2 Å². The fraction of sp³-hybridized carbons (Fsp3) is 0.944. The number of nitrogens with two attached hydrogens (primary N) is 1. The van der Waals surface area contributed by atoms with Crippen LogP contribution in [-0.4, -0.2) is 43.4 Å².